The number of halogens is 1. The molecule has 3 N–H and O–H groups in total. The van der Waals surface area contributed by atoms with Crippen LogP contribution < -0.4 is 5.73 Å². The molecule has 0 radical (unpaired) electrons. The Morgan fingerprint density at radius 2 is 2.31 bits per heavy atom. The van der Waals surface area contributed by atoms with E-state index in [1.165, 1.54) is 0 Å². The van der Waals surface area contributed by atoms with E-state index >= 15 is 0 Å². The summed E-state index contributed by atoms with van der Waals surface area (Å²) in [6, 6.07) is 5.82. The molecule has 0 unspecified atom stereocenters. The van der Waals surface area contributed by atoms with Gasteiger partial charge < -0.3 is 10.8 Å². The van der Waals surface area contributed by atoms with Crippen LogP contribution in [0.5, 0.6) is 5.75 Å². The zero-order valence-corrected chi connectivity index (χ0v) is 10.8. The van der Waals surface area contributed by atoms with E-state index in [0.717, 1.165) is 42.5 Å². The Hall–Kier alpha value is -0.580. The molecule has 0 aliphatic carbocycles. The standard InChI is InChI=1S/C12H17BrN2O/c13-10-3-4-12(16)9(6-10)7-15-5-1-2-11(14)8-15/h3-4,6,11,16H,1-2,5,7-8,14H2/t11-/m0/s1. The molecule has 1 heterocycles. The minimum atomic E-state index is 0.281. The summed E-state index contributed by atoms with van der Waals surface area (Å²) < 4.78 is 1.00. The first-order valence-electron chi connectivity index (χ1n) is 5.60. The van der Waals surface area contributed by atoms with E-state index < -0.39 is 0 Å². The lowest BCUT2D eigenvalue weighted by Crippen LogP contribution is -2.42. The lowest BCUT2D eigenvalue weighted by molar-refractivity contribution is 0.199. The predicted molar refractivity (Wildman–Crippen MR) is 68.3 cm³/mol. The maximum atomic E-state index is 9.75. The highest BCUT2D eigenvalue weighted by atomic mass is 79.9. The van der Waals surface area contributed by atoms with Crippen molar-refractivity contribution in [1.29, 1.82) is 0 Å². The van der Waals surface area contributed by atoms with E-state index in [0.29, 0.717) is 5.75 Å². The maximum absolute atomic E-state index is 9.75. The highest BCUT2D eigenvalue weighted by molar-refractivity contribution is 9.10. The number of rotatable bonds is 2. The Bertz CT molecular complexity index is 370. The van der Waals surface area contributed by atoms with Gasteiger partial charge in [0, 0.05) is 29.2 Å². The summed E-state index contributed by atoms with van der Waals surface area (Å²) in [5.74, 6) is 0.363. The average molecular weight is 285 g/mol. The molecule has 1 aromatic carbocycles. The zero-order chi connectivity index (χ0) is 11.5. The van der Waals surface area contributed by atoms with Gasteiger partial charge >= 0.3 is 0 Å². The summed E-state index contributed by atoms with van der Waals surface area (Å²) >= 11 is 3.42. The Balaban J connectivity index is 2.05. The number of hydrogen-bond acceptors (Lipinski definition) is 3. The number of nitrogens with two attached hydrogens (primary N) is 1. The van der Waals surface area contributed by atoms with Gasteiger partial charge in [0.25, 0.3) is 0 Å². The Morgan fingerprint density at radius 3 is 3.06 bits per heavy atom. The Labute approximate surface area is 104 Å². The van der Waals surface area contributed by atoms with Gasteiger partial charge in [-0.2, -0.15) is 0 Å². The number of likely N-dealkylation sites (tertiary alicyclic amines) is 1. The third kappa shape index (κ3) is 2.97. The lowest BCUT2D eigenvalue weighted by atomic mass is 10.1. The van der Waals surface area contributed by atoms with Crippen molar-refractivity contribution in [1.82, 2.24) is 4.90 Å². The molecule has 0 bridgehead atoms. The van der Waals surface area contributed by atoms with E-state index in [1.807, 2.05) is 12.1 Å². The molecule has 0 spiro atoms. The smallest absolute Gasteiger partial charge is 0.120 e. The van der Waals surface area contributed by atoms with E-state index in [4.69, 9.17) is 5.73 Å². The van der Waals surface area contributed by atoms with Gasteiger partial charge in [-0.15, -0.1) is 0 Å². The van der Waals surface area contributed by atoms with Crippen molar-refractivity contribution in [2.24, 2.45) is 5.73 Å². The van der Waals surface area contributed by atoms with Crippen molar-refractivity contribution >= 4 is 15.9 Å². The molecule has 16 heavy (non-hydrogen) atoms. The van der Waals surface area contributed by atoms with E-state index in [1.54, 1.807) is 6.07 Å². The molecule has 3 nitrogen and oxygen atoms in total. The number of nitrogens with zero attached hydrogens (tertiary/aromatic N) is 1. The van der Waals surface area contributed by atoms with Crippen LogP contribution in [0.1, 0.15) is 18.4 Å². The van der Waals surface area contributed by atoms with Gasteiger partial charge in [0.05, 0.1) is 0 Å². The zero-order valence-electron chi connectivity index (χ0n) is 9.19. The number of benzene rings is 1. The summed E-state index contributed by atoms with van der Waals surface area (Å²) in [7, 11) is 0. The molecule has 2 rings (SSSR count). The summed E-state index contributed by atoms with van der Waals surface area (Å²) in [4.78, 5) is 2.30. The minimum absolute atomic E-state index is 0.281. The molecule has 0 saturated carbocycles. The predicted octanol–water partition coefficient (Wildman–Crippen LogP) is 2.08. The van der Waals surface area contributed by atoms with Gasteiger partial charge in [-0.3, -0.25) is 4.90 Å². The maximum Gasteiger partial charge on any atom is 0.120 e. The third-order valence-corrected chi connectivity index (χ3v) is 3.47. The molecule has 0 aromatic heterocycles. The van der Waals surface area contributed by atoms with Crippen molar-refractivity contribution in [3.8, 4) is 5.75 Å². The van der Waals surface area contributed by atoms with Crippen LogP contribution in [-0.2, 0) is 6.54 Å². The fraction of sp³-hybridized carbons (Fsp3) is 0.500. The van der Waals surface area contributed by atoms with Crippen LogP contribution in [0, 0.1) is 0 Å². The van der Waals surface area contributed by atoms with E-state index in [-0.39, 0.29) is 6.04 Å². The van der Waals surface area contributed by atoms with Crippen LogP contribution in [0.3, 0.4) is 0 Å². The summed E-state index contributed by atoms with van der Waals surface area (Å²) in [6.45, 7) is 2.77. The molecule has 4 heteroatoms. The number of phenols is 1. The highest BCUT2D eigenvalue weighted by Gasteiger charge is 2.17. The third-order valence-electron chi connectivity index (χ3n) is 2.98. The van der Waals surface area contributed by atoms with Crippen molar-refractivity contribution in [3.63, 3.8) is 0 Å². The van der Waals surface area contributed by atoms with Gasteiger partial charge in [0.15, 0.2) is 0 Å². The Kier molecular flexibility index (Phi) is 3.84. The second kappa shape index (κ2) is 5.17. The largest absolute Gasteiger partial charge is 0.508 e. The quantitative estimate of drug-likeness (QED) is 0.874. The van der Waals surface area contributed by atoms with Crippen molar-refractivity contribution in [3.05, 3.63) is 28.2 Å². The summed E-state index contributed by atoms with van der Waals surface area (Å²) in [5.41, 5.74) is 6.89. The molecular formula is C12H17BrN2O. The first kappa shape index (κ1) is 11.9. The van der Waals surface area contributed by atoms with Crippen LogP contribution >= 0.6 is 15.9 Å². The molecule has 1 atom stereocenters. The molecule has 1 aliphatic rings. The van der Waals surface area contributed by atoms with Gasteiger partial charge in [-0.1, -0.05) is 15.9 Å². The molecular weight excluding hydrogens is 268 g/mol. The van der Waals surface area contributed by atoms with Crippen LogP contribution in [0.2, 0.25) is 0 Å². The molecule has 0 amide bonds. The van der Waals surface area contributed by atoms with Gasteiger partial charge in [0.1, 0.15) is 5.75 Å². The lowest BCUT2D eigenvalue weighted by Gasteiger charge is -2.30. The molecule has 1 aliphatic heterocycles. The minimum Gasteiger partial charge on any atom is -0.508 e. The fourth-order valence-electron chi connectivity index (χ4n) is 2.16. The van der Waals surface area contributed by atoms with Crippen molar-refractivity contribution < 1.29 is 5.11 Å². The normalized spacial score (nSPS) is 22.2. The van der Waals surface area contributed by atoms with Gasteiger partial charge in [-0.05, 0) is 37.6 Å². The van der Waals surface area contributed by atoms with Crippen LogP contribution in [0.15, 0.2) is 22.7 Å². The SMILES string of the molecule is N[C@H]1CCCN(Cc2cc(Br)ccc2O)C1. The van der Waals surface area contributed by atoms with Gasteiger partial charge in [0.2, 0.25) is 0 Å². The van der Waals surface area contributed by atoms with Gasteiger partial charge in [-0.25, -0.2) is 0 Å². The topological polar surface area (TPSA) is 49.5 Å². The molecule has 1 saturated heterocycles. The molecule has 1 fully saturated rings. The Morgan fingerprint density at radius 1 is 1.50 bits per heavy atom. The highest BCUT2D eigenvalue weighted by Crippen LogP contribution is 2.24. The number of aromatic hydroxyl groups is 1. The van der Waals surface area contributed by atoms with Crippen molar-refractivity contribution in [2.45, 2.75) is 25.4 Å². The second-order valence-corrected chi connectivity index (χ2v) is 5.33. The molecule has 88 valence electrons. The average Bonchev–Trinajstić information content (AvgIpc) is 2.24. The van der Waals surface area contributed by atoms with Crippen LogP contribution in [0.4, 0.5) is 0 Å². The first-order valence-corrected chi connectivity index (χ1v) is 6.40. The number of piperidine rings is 1. The monoisotopic (exact) mass is 284 g/mol. The number of phenolic OH excluding ortho intramolecular Hbond substituents is 1. The van der Waals surface area contributed by atoms with E-state index in [2.05, 4.69) is 20.8 Å². The van der Waals surface area contributed by atoms with Crippen molar-refractivity contribution in [2.75, 3.05) is 13.1 Å². The number of hydrogen-bond donors (Lipinski definition) is 2. The molecule has 1 aromatic rings. The van der Waals surface area contributed by atoms with Crippen LogP contribution in [0.25, 0.3) is 0 Å². The van der Waals surface area contributed by atoms with Crippen LogP contribution in [-0.4, -0.2) is 29.1 Å². The van der Waals surface area contributed by atoms with E-state index in [9.17, 15) is 5.11 Å². The fourth-order valence-corrected chi connectivity index (χ4v) is 2.57. The second-order valence-electron chi connectivity index (χ2n) is 4.41. The summed E-state index contributed by atoms with van der Waals surface area (Å²) in [6.07, 6.45) is 2.26. The first-order chi connectivity index (χ1) is 7.65. The summed E-state index contributed by atoms with van der Waals surface area (Å²) in [5, 5.41) is 9.75.